The topological polar surface area (TPSA) is 63.3 Å². The Morgan fingerprint density at radius 3 is 3.13 bits per heavy atom. The van der Waals surface area contributed by atoms with E-state index in [0.717, 1.165) is 50.7 Å². The maximum Gasteiger partial charge on any atom is 0.212 e. The summed E-state index contributed by atoms with van der Waals surface area (Å²) in [5.74, 6) is 2.20. The molecule has 1 fully saturated rings. The van der Waals surface area contributed by atoms with Crippen molar-refractivity contribution < 1.29 is 9.47 Å². The molecule has 0 aromatic carbocycles. The van der Waals surface area contributed by atoms with E-state index in [0.29, 0.717) is 11.8 Å². The van der Waals surface area contributed by atoms with Crippen LogP contribution in [0.4, 0.5) is 0 Å². The van der Waals surface area contributed by atoms with E-state index >= 15 is 0 Å². The van der Waals surface area contributed by atoms with Crippen molar-refractivity contribution in [1.29, 1.82) is 0 Å². The SMILES string of the molecule is COc1ccc(-c2nc3c([nH]2)CN(C[C@@H]2CCOC2)CC3)cn1. The molecule has 122 valence electrons. The first-order chi connectivity index (χ1) is 11.3. The van der Waals surface area contributed by atoms with E-state index in [9.17, 15) is 0 Å². The lowest BCUT2D eigenvalue weighted by Gasteiger charge is -2.27. The van der Waals surface area contributed by atoms with Gasteiger partial charge in [-0.05, 0) is 18.4 Å². The number of hydrogen-bond donors (Lipinski definition) is 1. The highest BCUT2D eigenvalue weighted by Gasteiger charge is 2.24. The quantitative estimate of drug-likeness (QED) is 0.933. The van der Waals surface area contributed by atoms with E-state index in [1.165, 1.54) is 17.8 Å². The van der Waals surface area contributed by atoms with Gasteiger partial charge in [0.1, 0.15) is 5.82 Å². The predicted octanol–water partition coefficient (Wildman–Crippen LogP) is 1.87. The number of aromatic amines is 1. The molecule has 1 atom stereocenters. The van der Waals surface area contributed by atoms with Gasteiger partial charge in [0.25, 0.3) is 0 Å². The third kappa shape index (κ3) is 3.09. The molecule has 4 rings (SSSR count). The molecule has 0 amide bonds. The van der Waals surface area contributed by atoms with Gasteiger partial charge < -0.3 is 14.5 Å². The van der Waals surface area contributed by atoms with Crippen LogP contribution in [0.15, 0.2) is 18.3 Å². The van der Waals surface area contributed by atoms with Gasteiger partial charge in [0, 0.05) is 50.5 Å². The maximum absolute atomic E-state index is 5.48. The number of nitrogens with one attached hydrogen (secondary N) is 1. The van der Waals surface area contributed by atoms with Crippen LogP contribution in [-0.2, 0) is 17.7 Å². The zero-order valence-corrected chi connectivity index (χ0v) is 13.4. The van der Waals surface area contributed by atoms with E-state index in [1.807, 2.05) is 12.1 Å². The van der Waals surface area contributed by atoms with Crippen molar-refractivity contribution in [2.45, 2.75) is 19.4 Å². The fraction of sp³-hybridized carbons (Fsp3) is 0.529. The van der Waals surface area contributed by atoms with Gasteiger partial charge in [-0.25, -0.2) is 9.97 Å². The lowest BCUT2D eigenvalue weighted by molar-refractivity contribution is 0.161. The number of H-pyrrole nitrogens is 1. The number of methoxy groups -OCH3 is 1. The van der Waals surface area contributed by atoms with E-state index < -0.39 is 0 Å². The minimum atomic E-state index is 0.620. The maximum atomic E-state index is 5.48. The van der Waals surface area contributed by atoms with Gasteiger partial charge in [0.05, 0.1) is 25.1 Å². The Bertz CT molecular complexity index is 662. The molecule has 0 bridgehead atoms. The van der Waals surface area contributed by atoms with Crippen molar-refractivity contribution in [3.8, 4) is 17.3 Å². The highest BCUT2D eigenvalue weighted by Crippen LogP contribution is 2.24. The van der Waals surface area contributed by atoms with Crippen molar-refractivity contribution >= 4 is 0 Å². The van der Waals surface area contributed by atoms with Crippen molar-refractivity contribution in [2.75, 3.05) is 33.4 Å². The molecule has 4 heterocycles. The van der Waals surface area contributed by atoms with Gasteiger partial charge in [-0.1, -0.05) is 0 Å². The van der Waals surface area contributed by atoms with E-state index in [2.05, 4.69) is 14.9 Å². The van der Waals surface area contributed by atoms with Crippen LogP contribution < -0.4 is 4.74 Å². The van der Waals surface area contributed by atoms with Gasteiger partial charge in [-0.3, -0.25) is 4.90 Å². The van der Waals surface area contributed by atoms with Crippen LogP contribution in [0.5, 0.6) is 5.88 Å². The summed E-state index contributed by atoms with van der Waals surface area (Å²) in [5, 5.41) is 0. The molecule has 2 aromatic rings. The second kappa shape index (κ2) is 6.29. The van der Waals surface area contributed by atoms with Gasteiger partial charge in [0.15, 0.2) is 0 Å². The predicted molar refractivity (Wildman–Crippen MR) is 86.3 cm³/mol. The molecule has 2 aliphatic heterocycles. The molecular formula is C17H22N4O2. The van der Waals surface area contributed by atoms with Crippen LogP contribution in [0.1, 0.15) is 17.8 Å². The Morgan fingerprint density at radius 1 is 1.43 bits per heavy atom. The van der Waals surface area contributed by atoms with Crippen molar-refractivity contribution in [3.05, 3.63) is 29.7 Å². The number of imidazole rings is 1. The number of aromatic nitrogens is 3. The van der Waals surface area contributed by atoms with Crippen LogP contribution in [0.25, 0.3) is 11.4 Å². The number of pyridine rings is 1. The molecule has 0 aliphatic carbocycles. The van der Waals surface area contributed by atoms with Crippen molar-refractivity contribution in [1.82, 2.24) is 19.9 Å². The van der Waals surface area contributed by atoms with Crippen LogP contribution >= 0.6 is 0 Å². The Kier molecular flexibility index (Phi) is 4.01. The third-order valence-corrected chi connectivity index (χ3v) is 4.67. The number of nitrogens with zero attached hydrogens (tertiary/aromatic N) is 3. The fourth-order valence-electron chi connectivity index (χ4n) is 3.38. The molecular weight excluding hydrogens is 292 g/mol. The summed E-state index contributed by atoms with van der Waals surface area (Å²) in [6.45, 7) is 4.98. The number of ether oxygens (including phenoxy) is 2. The van der Waals surface area contributed by atoms with Gasteiger partial charge in [-0.15, -0.1) is 0 Å². The molecule has 6 nitrogen and oxygen atoms in total. The third-order valence-electron chi connectivity index (χ3n) is 4.67. The lowest BCUT2D eigenvalue weighted by Crippen LogP contribution is -2.34. The molecule has 0 spiro atoms. The average Bonchev–Trinajstić information content (AvgIpc) is 3.24. The highest BCUT2D eigenvalue weighted by atomic mass is 16.5. The largest absolute Gasteiger partial charge is 0.481 e. The number of rotatable bonds is 4. The summed E-state index contributed by atoms with van der Waals surface area (Å²) in [6.07, 6.45) is 3.99. The molecule has 6 heteroatoms. The molecule has 0 unspecified atom stereocenters. The first-order valence-electron chi connectivity index (χ1n) is 8.20. The van der Waals surface area contributed by atoms with Crippen molar-refractivity contribution in [3.63, 3.8) is 0 Å². The molecule has 1 saturated heterocycles. The summed E-state index contributed by atoms with van der Waals surface area (Å²) in [7, 11) is 1.62. The first kappa shape index (κ1) is 14.7. The summed E-state index contributed by atoms with van der Waals surface area (Å²) in [6, 6.07) is 3.85. The zero-order valence-electron chi connectivity index (χ0n) is 13.4. The normalized spacial score (nSPS) is 21.3. The first-order valence-corrected chi connectivity index (χ1v) is 8.20. The van der Waals surface area contributed by atoms with Crippen LogP contribution in [0.3, 0.4) is 0 Å². The lowest BCUT2D eigenvalue weighted by atomic mass is 10.1. The fourth-order valence-corrected chi connectivity index (χ4v) is 3.38. The van der Waals surface area contributed by atoms with Crippen LogP contribution in [0.2, 0.25) is 0 Å². The minimum Gasteiger partial charge on any atom is -0.481 e. The second-order valence-electron chi connectivity index (χ2n) is 6.31. The van der Waals surface area contributed by atoms with Crippen LogP contribution in [0, 0.1) is 5.92 Å². The summed E-state index contributed by atoms with van der Waals surface area (Å²) in [4.78, 5) is 15.0. The Balaban J connectivity index is 1.47. The summed E-state index contributed by atoms with van der Waals surface area (Å²) in [5.41, 5.74) is 3.42. The number of fused-ring (bicyclic) bond motifs is 1. The standard InChI is InChI=1S/C17H22N4O2/c1-22-16-3-2-13(8-18-16)17-19-14-4-6-21(10-15(14)20-17)9-12-5-7-23-11-12/h2-3,8,12H,4-7,9-11H2,1H3,(H,19,20)/t12-/m0/s1. The van der Waals surface area contributed by atoms with Gasteiger partial charge in [-0.2, -0.15) is 0 Å². The Morgan fingerprint density at radius 2 is 2.39 bits per heavy atom. The van der Waals surface area contributed by atoms with E-state index in [1.54, 1.807) is 13.3 Å². The van der Waals surface area contributed by atoms with E-state index in [-0.39, 0.29) is 0 Å². The smallest absolute Gasteiger partial charge is 0.212 e. The van der Waals surface area contributed by atoms with Gasteiger partial charge in [0.2, 0.25) is 5.88 Å². The molecule has 1 N–H and O–H groups in total. The number of hydrogen-bond acceptors (Lipinski definition) is 5. The van der Waals surface area contributed by atoms with Crippen LogP contribution in [-0.4, -0.2) is 53.3 Å². The van der Waals surface area contributed by atoms with Gasteiger partial charge >= 0.3 is 0 Å². The molecule has 0 saturated carbocycles. The second-order valence-corrected chi connectivity index (χ2v) is 6.31. The molecule has 23 heavy (non-hydrogen) atoms. The molecule has 0 radical (unpaired) electrons. The monoisotopic (exact) mass is 314 g/mol. The zero-order chi connectivity index (χ0) is 15.6. The Hall–Kier alpha value is -1.92. The highest BCUT2D eigenvalue weighted by molar-refractivity contribution is 5.55. The summed E-state index contributed by atoms with van der Waals surface area (Å²) < 4.78 is 10.6. The van der Waals surface area contributed by atoms with E-state index in [4.69, 9.17) is 14.5 Å². The summed E-state index contributed by atoms with van der Waals surface area (Å²) >= 11 is 0. The van der Waals surface area contributed by atoms with Crippen molar-refractivity contribution in [2.24, 2.45) is 5.92 Å². The molecule has 2 aliphatic rings. The Labute approximate surface area is 135 Å². The minimum absolute atomic E-state index is 0.620. The average molecular weight is 314 g/mol. The molecule has 2 aromatic heterocycles.